The molecule has 0 bridgehead atoms. The van der Waals surface area contributed by atoms with Gasteiger partial charge in [-0.05, 0) is 11.8 Å². The van der Waals surface area contributed by atoms with Crippen molar-refractivity contribution >= 4 is 35.0 Å². The number of nitrogen functional groups attached to an aromatic ring is 1. The van der Waals surface area contributed by atoms with Gasteiger partial charge in [0.05, 0.1) is 0 Å². The summed E-state index contributed by atoms with van der Waals surface area (Å²) < 4.78 is 0.773. The molecule has 2 N–H and O–H groups in total. The van der Waals surface area contributed by atoms with E-state index in [2.05, 4.69) is 25.1 Å². The highest BCUT2D eigenvalue weighted by Crippen LogP contribution is 2.26. The van der Waals surface area contributed by atoms with Gasteiger partial charge in [-0.15, -0.1) is 10.2 Å². The van der Waals surface area contributed by atoms with Crippen LogP contribution in [0.1, 0.15) is 0 Å². The summed E-state index contributed by atoms with van der Waals surface area (Å²) in [6, 6.07) is 0. The SMILES string of the molecule is CN(C)c1nc(N)nc(Sc2nncs2)n1. The van der Waals surface area contributed by atoms with Gasteiger partial charge in [-0.2, -0.15) is 15.0 Å². The van der Waals surface area contributed by atoms with Crippen LogP contribution in [0, 0.1) is 0 Å². The summed E-state index contributed by atoms with van der Waals surface area (Å²) in [6.07, 6.45) is 0. The number of hydrogen-bond donors (Lipinski definition) is 1. The Labute approximate surface area is 100 Å². The van der Waals surface area contributed by atoms with Crippen molar-refractivity contribution < 1.29 is 0 Å². The summed E-state index contributed by atoms with van der Waals surface area (Å²) in [6.45, 7) is 0. The molecule has 0 aromatic carbocycles. The Bertz CT molecular complexity index is 470. The predicted molar refractivity (Wildman–Crippen MR) is 62.6 cm³/mol. The molecular weight excluding hydrogens is 246 g/mol. The minimum Gasteiger partial charge on any atom is -0.368 e. The van der Waals surface area contributed by atoms with Crippen LogP contribution >= 0.6 is 23.1 Å². The predicted octanol–water partition coefficient (Wildman–Crippen LogP) is 0.522. The molecule has 0 amide bonds. The average Bonchev–Trinajstić information content (AvgIpc) is 2.69. The molecule has 0 aliphatic rings. The summed E-state index contributed by atoms with van der Waals surface area (Å²) in [7, 11) is 3.68. The van der Waals surface area contributed by atoms with E-state index in [9.17, 15) is 0 Å². The Morgan fingerprint density at radius 3 is 2.75 bits per heavy atom. The van der Waals surface area contributed by atoms with Crippen LogP contribution in [0.25, 0.3) is 0 Å². The molecule has 0 fully saturated rings. The molecule has 2 aromatic heterocycles. The molecule has 0 saturated carbocycles. The molecule has 0 radical (unpaired) electrons. The Morgan fingerprint density at radius 2 is 2.12 bits per heavy atom. The van der Waals surface area contributed by atoms with Gasteiger partial charge in [-0.3, -0.25) is 0 Å². The van der Waals surface area contributed by atoms with E-state index in [1.165, 1.54) is 23.1 Å². The molecule has 0 aliphatic heterocycles. The maximum Gasteiger partial charge on any atom is 0.230 e. The average molecular weight is 255 g/mol. The van der Waals surface area contributed by atoms with Crippen LogP contribution < -0.4 is 10.6 Å². The fourth-order valence-corrected chi connectivity index (χ4v) is 2.23. The van der Waals surface area contributed by atoms with E-state index in [1.54, 1.807) is 10.4 Å². The minimum absolute atomic E-state index is 0.200. The Balaban J connectivity index is 2.27. The van der Waals surface area contributed by atoms with Gasteiger partial charge >= 0.3 is 0 Å². The summed E-state index contributed by atoms with van der Waals surface area (Å²) in [5, 5.41) is 8.15. The highest BCUT2D eigenvalue weighted by molar-refractivity contribution is 8.00. The summed E-state index contributed by atoms with van der Waals surface area (Å²) in [5.41, 5.74) is 7.24. The van der Waals surface area contributed by atoms with Crippen molar-refractivity contribution in [2.75, 3.05) is 24.7 Å². The van der Waals surface area contributed by atoms with E-state index < -0.39 is 0 Å². The van der Waals surface area contributed by atoms with Crippen LogP contribution in [0.3, 0.4) is 0 Å². The van der Waals surface area contributed by atoms with Gasteiger partial charge in [0.2, 0.25) is 17.1 Å². The fraction of sp³-hybridized carbons (Fsp3) is 0.286. The van der Waals surface area contributed by atoms with Crippen molar-refractivity contribution in [1.29, 1.82) is 0 Å². The van der Waals surface area contributed by atoms with Crippen LogP contribution in [0.4, 0.5) is 11.9 Å². The number of anilines is 2. The lowest BCUT2D eigenvalue weighted by atomic mass is 10.8. The van der Waals surface area contributed by atoms with E-state index in [0.29, 0.717) is 11.1 Å². The van der Waals surface area contributed by atoms with Crippen molar-refractivity contribution in [3.8, 4) is 0 Å². The normalized spacial score (nSPS) is 10.4. The third-order valence-electron chi connectivity index (χ3n) is 1.54. The molecule has 16 heavy (non-hydrogen) atoms. The monoisotopic (exact) mass is 255 g/mol. The fourth-order valence-electron chi connectivity index (χ4n) is 0.892. The number of nitrogens with zero attached hydrogens (tertiary/aromatic N) is 6. The number of aromatic nitrogens is 5. The summed E-state index contributed by atoms with van der Waals surface area (Å²) in [4.78, 5) is 14.0. The maximum atomic E-state index is 5.59. The number of hydrogen-bond acceptors (Lipinski definition) is 9. The summed E-state index contributed by atoms with van der Waals surface area (Å²) >= 11 is 2.74. The molecule has 7 nitrogen and oxygen atoms in total. The largest absolute Gasteiger partial charge is 0.368 e. The zero-order chi connectivity index (χ0) is 11.5. The van der Waals surface area contributed by atoms with E-state index in [1.807, 2.05) is 14.1 Å². The van der Waals surface area contributed by atoms with Crippen molar-refractivity contribution in [1.82, 2.24) is 25.1 Å². The van der Waals surface area contributed by atoms with E-state index in [-0.39, 0.29) is 5.95 Å². The van der Waals surface area contributed by atoms with Crippen molar-refractivity contribution in [2.24, 2.45) is 0 Å². The maximum absolute atomic E-state index is 5.59. The zero-order valence-electron chi connectivity index (χ0n) is 8.65. The molecule has 2 aromatic rings. The van der Waals surface area contributed by atoms with Crippen molar-refractivity contribution in [3.05, 3.63) is 5.51 Å². The molecule has 84 valence electrons. The van der Waals surface area contributed by atoms with Crippen LogP contribution in [-0.2, 0) is 0 Å². The molecule has 0 aliphatic carbocycles. The third kappa shape index (κ3) is 2.55. The second-order valence-electron chi connectivity index (χ2n) is 2.98. The number of nitrogens with two attached hydrogens (primary N) is 1. The summed E-state index contributed by atoms with van der Waals surface area (Å²) in [5.74, 6) is 0.727. The minimum atomic E-state index is 0.200. The van der Waals surface area contributed by atoms with Crippen LogP contribution in [-0.4, -0.2) is 39.2 Å². The molecular formula is C7H9N7S2. The second-order valence-corrected chi connectivity index (χ2v) is 5.02. The lowest BCUT2D eigenvalue weighted by Crippen LogP contribution is -2.15. The van der Waals surface area contributed by atoms with Gasteiger partial charge in [0.15, 0.2) is 4.34 Å². The van der Waals surface area contributed by atoms with E-state index >= 15 is 0 Å². The number of rotatable bonds is 3. The van der Waals surface area contributed by atoms with Crippen molar-refractivity contribution in [3.63, 3.8) is 0 Å². The second kappa shape index (κ2) is 4.58. The van der Waals surface area contributed by atoms with Gasteiger partial charge < -0.3 is 10.6 Å². The van der Waals surface area contributed by atoms with Gasteiger partial charge in [-0.25, -0.2) is 0 Å². The smallest absolute Gasteiger partial charge is 0.230 e. The third-order valence-corrected chi connectivity index (χ3v) is 3.18. The first kappa shape index (κ1) is 11.0. The van der Waals surface area contributed by atoms with Crippen molar-refractivity contribution in [2.45, 2.75) is 9.50 Å². The Kier molecular flexibility index (Phi) is 3.15. The van der Waals surface area contributed by atoms with E-state index in [4.69, 9.17) is 5.73 Å². The van der Waals surface area contributed by atoms with Gasteiger partial charge in [-0.1, -0.05) is 11.3 Å². The first-order valence-electron chi connectivity index (χ1n) is 4.28. The quantitative estimate of drug-likeness (QED) is 0.848. The van der Waals surface area contributed by atoms with Crippen LogP contribution in [0.5, 0.6) is 0 Å². The molecule has 0 atom stereocenters. The highest BCUT2D eigenvalue weighted by atomic mass is 32.2. The molecule has 2 rings (SSSR count). The zero-order valence-corrected chi connectivity index (χ0v) is 10.3. The first-order chi connectivity index (χ1) is 7.65. The highest BCUT2D eigenvalue weighted by Gasteiger charge is 2.09. The van der Waals surface area contributed by atoms with Crippen LogP contribution in [0.15, 0.2) is 15.0 Å². The van der Waals surface area contributed by atoms with Gasteiger partial charge in [0.1, 0.15) is 5.51 Å². The lowest BCUT2D eigenvalue weighted by Gasteiger charge is -2.10. The Hall–Kier alpha value is -1.48. The standard InChI is InChI=1S/C7H9N7S2/c1-14(2)5-10-4(8)11-6(12-5)16-7-13-9-3-15-7/h3H,1-2H3,(H2,8,10,11,12). The van der Waals surface area contributed by atoms with Gasteiger partial charge in [0.25, 0.3) is 0 Å². The van der Waals surface area contributed by atoms with Crippen LogP contribution in [0.2, 0.25) is 0 Å². The Morgan fingerprint density at radius 1 is 1.31 bits per heavy atom. The first-order valence-corrected chi connectivity index (χ1v) is 5.97. The molecule has 2 heterocycles. The molecule has 0 unspecified atom stereocenters. The molecule has 0 spiro atoms. The molecule has 0 saturated heterocycles. The van der Waals surface area contributed by atoms with Gasteiger partial charge in [0, 0.05) is 14.1 Å². The molecule has 9 heteroatoms. The van der Waals surface area contributed by atoms with E-state index in [0.717, 1.165) is 4.34 Å². The lowest BCUT2D eigenvalue weighted by molar-refractivity contribution is 0.873. The topological polar surface area (TPSA) is 93.7 Å².